The summed E-state index contributed by atoms with van der Waals surface area (Å²) in [5.41, 5.74) is 0.230. The van der Waals surface area contributed by atoms with Crippen LogP contribution in [0.2, 0.25) is 0 Å². The van der Waals surface area contributed by atoms with Gasteiger partial charge >= 0.3 is 0 Å². The van der Waals surface area contributed by atoms with Gasteiger partial charge in [-0.3, -0.25) is 0 Å². The van der Waals surface area contributed by atoms with E-state index in [-0.39, 0.29) is 11.5 Å². The Morgan fingerprint density at radius 2 is 2.32 bits per heavy atom. The van der Waals surface area contributed by atoms with Crippen molar-refractivity contribution >= 4 is 21.4 Å². The molecule has 0 bridgehead atoms. The first-order valence-corrected chi connectivity index (χ1v) is 8.94. The molecular formula is C13H19NO3S2. The van der Waals surface area contributed by atoms with Gasteiger partial charge in [-0.2, -0.15) is 4.31 Å². The SMILES string of the molecule is COCC1CC2(CCC2)CN1S(=O)(=O)c1cccs1. The number of hydrogen-bond acceptors (Lipinski definition) is 4. The number of sulfonamides is 1. The first-order valence-electron chi connectivity index (χ1n) is 6.62. The van der Waals surface area contributed by atoms with Crippen molar-refractivity contribution in [1.29, 1.82) is 0 Å². The van der Waals surface area contributed by atoms with Crippen molar-refractivity contribution in [2.24, 2.45) is 5.41 Å². The first-order chi connectivity index (χ1) is 9.07. The average Bonchev–Trinajstić information content (AvgIpc) is 2.96. The molecule has 1 unspecified atom stereocenters. The maximum absolute atomic E-state index is 12.7. The van der Waals surface area contributed by atoms with E-state index in [0.29, 0.717) is 17.4 Å². The molecule has 1 saturated carbocycles. The van der Waals surface area contributed by atoms with Gasteiger partial charge < -0.3 is 4.74 Å². The van der Waals surface area contributed by atoms with Gasteiger partial charge in [-0.05, 0) is 36.1 Å². The van der Waals surface area contributed by atoms with E-state index in [1.165, 1.54) is 17.8 Å². The van der Waals surface area contributed by atoms with Crippen LogP contribution < -0.4 is 0 Å². The number of hydrogen-bond donors (Lipinski definition) is 0. The molecule has 106 valence electrons. The third-order valence-electron chi connectivity index (χ3n) is 4.40. The number of thiophene rings is 1. The quantitative estimate of drug-likeness (QED) is 0.857. The molecular weight excluding hydrogens is 282 g/mol. The Morgan fingerprint density at radius 1 is 1.53 bits per heavy atom. The van der Waals surface area contributed by atoms with Crippen molar-refractivity contribution in [2.45, 2.75) is 35.9 Å². The molecule has 1 aromatic rings. The van der Waals surface area contributed by atoms with Crippen molar-refractivity contribution in [3.05, 3.63) is 17.5 Å². The summed E-state index contributed by atoms with van der Waals surface area (Å²) >= 11 is 1.29. The highest BCUT2D eigenvalue weighted by Gasteiger charge is 2.51. The topological polar surface area (TPSA) is 46.6 Å². The minimum Gasteiger partial charge on any atom is -0.383 e. The van der Waals surface area contributed by atoms with Crippen LogP contribution in [0.4, 0.5) is 0 Å². The van der Waals surface area contributed by atoms with Gasteiger partial charge in [0, 0.05) is 19.7 Å². The van der Waals surface area contributed by atoms with Crippen molar-refractivity contribution in [3.8, 4) is 0 Å². The Bertz CT molecular complexity index is 534. The Morgan fingerprint density at radius 3 is 2.84 bits per heavy atom. The van der Waals surface area contributed by atoms with Gasteiger partial charge in [0.25, 0.3) is 10.0 Å². The van der Waals surface area contributed by atoms with Crippen LogP contribution in [0.3, 0.4) is 0 Å². The fraction of sp³-hybridized carbons (Fsp3) is 0.692. The smallest absolute Gasteiger partial charge is 0.252 e. The summed E-state index contributed by atoms with van der Waals surface area (Å²) in [5.74, 6) is 0. The zero-order chi connectivity index (χ0) is 13.5. The highest BCUT2D eigenvalue weighted by molar-refractivity contribution is 7.91. The van der Waals surface area contributed by atoms with Gasteiger partial charge in [-0.1, -0.05) is 12.5 Å². The van der Waals surface area contributed by atoms with Gasteiger partial charge in [0.05, 0.1) is 6.61 Å². The van der Waals surface area contributed by atoms with E-state index in [1.807, 2.05) is 5.38 Å². The van der Waals surface area contributed by atoms with Crippen molar-refractivity contribution < 1.29 is 13.2 Å². The molecule has 2 heterocycles. The molecule has 1 aliphatic carbocycles. The molecule has 1 saturated heterocycles. The number of nitrogens with zero attached hydrogens (tertiary/aromatic N) is 1. The summed E-state index contributed by atoms with van der Waals surface area (Å²) in [6, 6.07) is 3.48. The number of rotatable bonds is 4. The van der Waals surface area contributed by atoms with Crippen molar-refractivity contribution in [2.75, 3.05) is 20.3 Å². The fourth-order valence-corrected chi connectivity index (χ4v) is 6.15. The maximum Gasteiger partial charge on any atom is 0.252 e. The second-order valence-electron chi connectivity index (χ2n) is 5.65. The molecule has 1 spiro atoms. The van der Waals surface area contributed by atoms with E-state index in [4.69, 9.17) is 4.74 Å². The van der Waals surface area contributed by atoms with E-state index < -0.39 is 10.0 Å². The summed E-state index contributed by atoms with van der Waals surface area (Å²) in [4.78, 5) is 0. The van der Waals surface area contributed by atoms with Crippen molar-refractivity contribution in [3.63, 3.8) is 0 Å². The van der Waals surface area contributed by atoms with E-state index in [1.54, 1.807) is 23.5 Å². The van der Waals surface area contributed by atoms with Gasteiger partial charge in [0.2, 0.25) is 0 Å². The van der Waals surface area contributed by atoms with Gasteiger partial charge in [0.1, 0.15) is 4.21 Å². The predicted octanol–water partition coefficient (Wildman–Crippen LogP) is 2.33. The predicted molar refractivity (Wildman–Crippen MR) is 74.8 cm³/mol. The molecule has 0 radical (unpaired) electrons. The summed E-state index contributed by atoms with van der Waals surface area (Å²) in [6.45, 7) is 1.16. The molecule has 4 nitrogen and oxygen atoms in total. The lowest BCUT2D eigenvalue weighted by molar-refractivity contribution is 0.135. The molecule has 0 N–H and O–H groups in total. The Hall–Kier alpha value is -0.430. The number of ether oxygens (including phenoxy) is 1. The Labute approximate surface area is 118 Å². The van der Waals surface area contributed by atoms with Gasteiger partial charge in [-0.15, -0.1) is 11.3 Å². The zero-order valence-electron chi connectivity index (χ0n) is 11.0. The molecule has 6 heteroatoms. The molecule has 2 aliphatic rings. The zero-order valence-corrected chi connectivity index (χ0v) is 12.7. The van der Waals surface area contributed by atoms with Crippen LogP contribution in [-0.4, -0.2) is 39.0 Å². The Kier molecular flexibility index (Phi) is 3.45. The normalized spacial score (nSPS) is 26.7. The van der Waals surface area contributed by atoms with Crippen LogP contribution in [0.5, 0.6) is 0 Å². The average molecular weight is 301 g/mol. The monoisotopic (exact) mass is 301 g/mol. The summed E-state index contributed by atoms with van der Waals surface area (Å²) < 4.78 is 32.7. The van der Waals surface area contributed by atoms with E-state index >= 15 is 0 Å². The molecule has 2 fully saturated rings. The molecule has 19 heavy (non-hydrogen) atoms. The summed E-state index contributed by atoms with van der Waals surface area (Å²) in [7, 11) is -1.70. The highest BCUT2D eigenvalue weighted by atomic mass is 32.2. The van der Waals surface area contributed by atoms with E-state index in [9.17, 15) is 8.42 Å². The molecule has 1 aliphatic heterocycles. The minimum absolute atomic E-state index is 0.00241. The van der Waals surface area contributed by atoms with Crippen LogP contribution in [-0.2, 0) is 14.8 Å². The lowest BCUT2D eigenvalue weighted by atomic mass is 9.68. The molecule has 0 amide bonds. The number of methoxy groups -OCH3 is 1. The van der Waals surface area contributed by atoms with Crippen LogP contribution in [0.25, 0.3) is 0 Å². The lowest BCUT2D eigenvalue weighted by Crippen LogP contribution is -2.39. The Balaban J connectivity index is 1.89. The van der Waals surface area contributed by atoms with Crippen LogP contribution in [0.15, 0.2) is 21.7 Å². The van der Waals surface area contributed by atoms with E-state index in [0.717, 1.165) is 19.3 Å². The fourth-order valence-electron chi connectivity index (χ4n) is 3.31. The van der Waals surface area contributed by atoms with Crippen molar-refractivity contribution in [1.82, 2.24) is 4.31 Å². The molecule has 3 rings (SSSR count). The third kappa shape index (κ3) is 2.24. The van der Waals surface area contributed by atoms with E-state index in [2.05, 4.69) is 0 Å². The molecule has 0 aromatic carbocycles. The highest BCUT2D eigenvalue weighted by Crippen LogP contribution is 2.51. The first kappa shape index (κ1) is 13.5. The second kappa shape index (κ2) is 4.84. The molecule has 1 aromatic heterocycles. The maximum atomic E-state index is 12.7. The minimum atomic E-state index is -3.34. The largest absolute Gasteiger partial charge is 0.383 e. The van der Waals surface area contributed by atoms with Crippen LogP contribution >= 0.6 is 11.3 Å². The summed E-state index contributed by atoms with van der Waals surface area (Å²) in [6.07, 6.45) is 4.49. The standard InChI is InChI=1S/C13H19NO3S2/c1-17-9-11-8-13(5-3-6-13)10-14(11)19(15,16)12-4-2-7-18-12/h2,4,7,11H,3,5-6,8-10H2,1H3. The van der Waals surface area contributed by atoms with Gasteiger partial charge in [-0.25, -0.2) is 8.42 Å². The molecule has 1 atom stereocenters. The summed E-state index contributed by atoms with van der Waals surface area (Å²) in [5, 5.41) is 1.81. The van der Waals surface area contributed by atoms with Gasteiger partial charge in [0.15, 0.2) is 0 Å². The van der Waals surface area contributed by atoms with Crippen LogP contribution in [0.1, 0.15) is 25.7 Å². The van der Waals surface area contributed by atoms with Crippen LogP contribution in [0, 0.1) is 5.41 Å². The second-order valence-corrected chi connectivity index (χ2v) is 8.71. The third-order valence-corrected chi connectivity index (χ3v) is 7.67. The lowest BCUT2D eigenvalue weighted by Gasteiger charge is -2.37.